The van der Waals surface area contributed by atoms with Crippen LogP contribution >= 0.6 is 47.8 Å². The second-order valence-corrected chi connectivity index (χ2v) is 17.2. The number of methoxy groups -OCH3 is 2. The quantitative estimate of drug-likeness (QED) is 0.278. The average Bonchev–Trinajstić information content (AvgIpc) is 3.58. The van der Waals surface area contributed by atoms with Gasteiger partial charge in [0.25, 0.3) is 0 Å². The Bertz CT molecular complexity index is 1610. The van der Waals surface area contributed by atoms with Gasteiger partial charge in [-0.25, -0.2) is 34.3 Å². The minimum atomic E-state index is -0.562. The Morgan fingerprint density at radius 3 is 1.96 bits per heavy atom. The van der Waals surface area contributed by atoms with Crippen molar-refractivity contribution in [1.29, 1.82) is 0 Å². The number of carbonyl (C=O) groups excluding carboxylic acids is 3. The number of hydrogen-bond acceptors (Lipinski definition) is 15. The Balaban J connectivity index is 0.000000220. The highest BCUT2D eigenvalue weighted by Gasteiger charge is 2.51. The third-order valence-corrected chi connectivity index (χ3v) is 11.5. The van der Waals surface area contributed by atoms with Gasteiger partial charge in [-0.05, 0) is 121 Å². The van der Waals surface area contributed by atoms with Crippen molar-refractivity contribution in [2.75, 3.05) is 58.5 Å². The SMILES string of the molecule is COC(=O)c1nc(Br)cnc1Br.COC(=O)c1nc(Br)cnc1N1CCC2(CC1)CO[C@@H](C)[C@H]2NC(=O)OC(C)(C)C.C[C@@H]1OCC2(CCNCC2)[C@@H]1N. The van der Waals surface area contributed by atoms with E-state index in [0.717, 1.165) is 32.5 Å². The summed E-state index contributed by atoms with van der Waals surface area (Å²) in [4.78, 5) is 54.0. The Labute approximate surface area is 341 Å². The summed E-state index contributed by atoms with van der Waals surface area (Å²) in [5.74, 6) is -0.541. The lowest BCUT2D eigenvalue weighted by Gasteiger charge is -2.43. The van der Waals surface area contributed by atoms with E-state index in [1.165, 1.54) is 33.3 Å². The topological polar surface area (TPSA) is 202 Å². The maximum absolute atomic E-state index is 12.4. The summed E-state index contributed by atoms with van der Waals surface area (Å²) in [6.07, 6.45) is 6.67. The van der Waals surface area contributed by atoms with E-state index in [9.17, 15) is 14.4 Å². The lowest BCUT2D eigenvalue weighted by Crippen LogP contribution is -2.55. The van der Waals surface area contributed by atoms with Gasteiger partial charge in [0, 0.05) is 30.0 Å². The van der Waals surface area contributed by atoms with E-state index in [1.54, 1.807) is 6.20 Å². The van der Waals surface area contributed by atoms with Crippen molar-refractivity contribution >= 4 is 71.6 Å². The van der Waals surface area contributed by atoms with E-state index in [2.05, 4.69) is 90.0 Å². The summed E-state index contributed by atoms with van der Waals surface area (Å²) >= 11 is 9.42. The molecule has 4 atom stereocenters. The van der Waals surface area contributed by atoms with Crippen LogP contribution in [0.4, 0.5) is 10.6 Å². The van der Waals surface area contributed by atoms with Crippen LogP contribution in [0.15, 0.2) is 26.2 Å². The number of nitrogens with zero attached hydrogens (tertiary/aromatic N) is 5. The first-order valence-electron chi connectivity index (χ1n) is 17.8. The molecule has 4 aliphatic rings. The number of nitrogens with two attached hydrogens (primary N) is 1. The van der Waals surface area contributed by atoms with Crippen molar-refractivity contribution in [3.05, 3.63) is 37.6 Å². The molecule has 0 aliphatic carbocycles. The van der Waals surface area contributed by atoms with Gasteiger partial charge >= 0.3 is 18.0 Å². The van der Waals surface area contributed by atoms with Crippen molar-refractivity contribution in [3.8, 4) is 0 Å². The monoisotopic (exact) mass is 948 g/mol. The molecule has 6 rings (SSSR count). The van der Waals surface area contributed by atoms with Gasteiger partial charge in [-0.1, -0.05) is 0 Å². The molecule has 4 saturated heterocycles. The maximum atomic E-state index is 12.4. The maximum Gasteiger partial charge on any atom is 0.407 e. The van der Waals surface area contributed by atoms with E-state index in [0.29, 0.717) is 44.7 Å². The lowest BCUT2D eigenvalue weighted by atomic mass is 9.73. The van der Waals surface area contributed by atoms with Crippen LogP contribution in [0.2, 0.25) is 0 Å². The van der Waals surface area contributed by atoms with Crippen LogP contribution in [-0.2, 0) is 23.7 Å². The molecule has 0 unspecified atom stereocenters. The molecule has 16 nitrogen and oxygen atoms in total. The molecule has 54 heavy (non-hydrogen) atoms. The Hall–Kier alpha value is -2.55. The summed E-state index contributed by atoms with van der Waals surface area (Å²) in [6.45, 7) is 14.5. The highest BCUT2D eigenvalue weighted by Crippen LogP contribution is 2.43. The zero-order valence-electron chi connectivity index (χ0n) is 31.7. The number of hydrogen-bond donors (Lipinski definition) is 3. The summed E-state index contributed by atoms with van der Waals surface area (Å²) in [7, 11) is 2.61. The van der Waals surface area contributed by atoms with Crippen LogP contribution in [0, 0.1) is 10.8 Å². The van der Waals surface area contributed by atoms with Gasteiger partial charge in [0.15, 0.2) is 17.2 Å². The van der Waals surface area contributed by atoms with Crippen molar-refractivity contribution in [2.24, 2.45) is 16.6 Å². The van der Waals surface area contributed by atoms with Crippen LogP contribution < -0.4 is 21.3 Å². The Morgan fingerprint density at radius 2 is 1.41 bits per heavy atom. The van der Waals surface area contributed by atoms with Crippen molar-refractivity contribution in [3.63, 3.8) is 0 Å². The van der Waals surface area contributed by atoms with Gasteiger partial charge in [-0.3, -0.25) is 0 Å². The summed E-state index contributed by atoms with van der Waals surface area (Å²) in [5.41, 5.74) is 6.02. The first-order chi connectivity index (χ1) is 25.4. The fraction of sp³-hybridized carbons (Fsp3) is 0.686. The van der Waals surface area contributed by atoms with Gasteiger partial charge in [-0.2, -0.15) is 0 Å². The number of aromatic nitrogens is 4. The normalized spacial score (nSPS) is 24.1. The Morgan fingerprint density at radius 1 is 0.870 bits per heavy atom. The molecule has 0 saturated carbocycles. The fourth-order valence-corrected chi connectivity index (χ4v) is 8.02. The molecule has 300 valence electrons. The van der Waals surface area contributed by atoms with Crippen LogP contribution in [0.25, 0.3) is 0 Å². The molecule has 2 aromatic heterocycles. The van der Waals surface area contributed by atoms with Crippen molar-refractivity contribution in [2.45, 2.75) is 90.2 Å². The highest BCUT2D eigenvalue weighted by atomic mass is 79.9. The van der Waals surface area contributed by atoms with Crippen LogP contribution in [0.5, 0.6) is 0 Å². The molecule has 19 heteroatoms. The largest absolute Gasteiger partial charge is 0.464 e. The number of piperidine rings is 2. The fourth-order valence-electron chi connectivity index (χ4n) is 7.11. The molecule has 0 aromatic carbocycles. The smallest absolute Gasteiger partial charge is 0.407 e. The third-order valence-electron chi connectivity index (χ3n) is 10.1. The zero-order chi connectivity index (χ0) is 39.8. The summed E-state index contributed by atoms with van der Waals surface area (Å²) in [6, 6.07) is 0.102. The lowest BCUT2D eigenvalue weighted by molar-refractivity contribution is 0.0432. The van der Waals surface area contributed by atoms with E-state index in [1.807, 2.05) is 32.6 Å². The minimum absolute atomic E-state index is 0.109. The number of carbonyl (C=O) groups is 3. The molecular formula is C35H51Br3N8O8. The number of nitrogens with one attached hydrogen (secondary N) is 2. The molecule has 4 aliphatic heterocycles. The second-order valence-electron chi connectivity index (χ2n) is 14.8. The van der Waals surface area contributed by atoms with E-state index in [4.69, 9.17) is 24.7 Å². The van der Waals surface area contributed by atoms with Gasteiger partial charge in [0.1, 0.15) is 19.4 Å². The van der Waals surface area contributed by atoms with E-state index >= 15 is 0 Å². The predicted molar refractivity (Wildman–Crippen MR) is 210 cm³/mol. The summed E-state index contributed by atoms with van der Waals surface area (Å²) < 4.78 is 27.7. The van der Waals surface area contributed by atoms with Crippen LogP contribution in [0.3, 0.4) is 0 Å². The predicted octanol–water partition coefficient (Wildman–Crippen LogP) is 4.81. The van der Waals surface area contributed by atoms with Gasteiger partial charge in [0.2, 0.25) is 0 Å². The number of alkyl carbamates (subject to hydrolysis) is 1. The van der Waals surface area contributed by atoms with Crippen LogP contribution in [0.1, 0.15) is 81.3 Å². The van der Waals surface area contributed by atoms with Crippen LogP contribution in [-0.4, -0.2) is 121 Å². The number of esters is 2. The number of amides is 1. The number of halogens is 3. The number of ether oxygens (including phenoxy) is 5. The minimum Gasteiger partial charge on any atom is -0.464 e. The second kappa shape index (κ2) is 19.1. The molecule has 4 fully saturated rings. The van der Waals surface area contributed by atoms with Crippen molar-refractivity contribution in [1.82, 2.24) is 30.6 Å². The average molecular weight is 952 g/mol. The zero-order valence-corrected chi connectivity index (χ0v) is 36.5. The molecule has 0 radical (unpaired) electrons. The first-order valence-corrected chi connectivity index (χ1v) is 20.1. The van der Waals surface area contributed by atoms with E-state index in [-0.39, 0.29) is 41.1 Å². The molecule has 0 bridgehead atoms. The molecule has 2 aromatic rings. The van der Waals surface area contributed by atoms with Gasteiger partial charge < -0.3 is 45.0 Å². The molecular weight excluding hydrogens is 900 g/mol. The van der Waals surface area contributed by atoms with E-state index < -0.39 is 23.6 Å². The van der Waals surface area contributed by atoms with Gasteiger partial charge in [-0.15, -0.1) is 0 Å². The number of anilines is 1. The third kappa shape index (κ3) is 11.1. The molecule has 6 heterocycles. The van der Waals surface area contributed by atoms with Crippen molar-refractivity contribution < 1.29 is 38.1 Å². The summed E-state index contributed by atoms with van der Waals surface area (Å²) in [5, 5.41) is 6.39. The highest BCUT2D eigenvalue weighted by molar-refractivity contribution is 9.11. The molecule has 1 amide bonds. The standard InChI is InChI=1S/C20H29BrN4O5.C9H18N2O.C6H4Br2N2O2/c1-12-15(24-18(27)30-19(2,3)4)20(11-29-12)6-8-25(9-7-20)16-14(17(26)28-5)23-13(21)10-22-16;1-7-8(10)9(6-12-7)2-4-11-5-3-9;1-12-6(11)4-5(8)9-2-3(7)10-4/h10,12,15H,6-9,11H2,1-5H3,(H,24,27);7-8,11H,2-6,10H2,1H3;2H,1H3/t12-,15+;7-,8+;/m00./s1. The van der Waals surface area contributed by atoms with Gasteiger partial charge in [0.05, 0.1) is 58.1 Å². The molecule has 4 N–H and O–H groups in total. The number of rotatable bonds is 4. The molecule has 2 spiro atoms. The first kappa shape index (κ1) is 44.2. The Kier molecular flexibility index (Phi) is 15.6.